The lowest BCUT2D eigenvalue weighted by atomic mass is 10.1. The van der Waals surface area contributed by atoms with Gasteiger partial charge in [0.25, 0.3) is 0 Å². The van der Waals surface area contributed by atoms with Crippen LogP contribution in [0.5, 0.6) is 0 Å². The van der Waals surface area contributed by atoms with Crippen molar-refractivity contribution >= 4 is 17.3 Å². The molecule has 2 aromatic rings. The van der Waals surface area contributed by atoms with E-state index in [9.17, 15) is 4.79 Å². The smallest absolute Gasteiger partial charge is 0.308 e. The van der Waals surface area contributed by atoms with Crippen LogP contribution in [0.3, 0.4) is 0 Å². The molecule has 0 aliphatic carbocycles. The number of nitrogens with zero attached hydrogens (tertiary/aromatic N) is 1. The maximum Gasteiger partial charge on any atom is 0.308 e. The van der Waals surface area contributed by atoms with E-state index in [1.165, 1.54) is 16.9 Å². The number of aryl methyl sites for hydroxylation is 2. The van der Waals surface area contributed by atoms with E-state index in [0.717, 1.165) is 28.4 Å². The van der Waals surface area contributed by atoms with Crippen LogP contribution in [0, 0.1) is 0 Å². The molecule has 1 aromatic carbocycles. The Labute approximate surface area is 122 Å². The van der Waals surface area contributed by atoms with Gasteiger partial charge in [-0.1, -0.05) is 30.3 Å². The molecule has 20 heavy (non-hydrogen) atoms. The third-order valence-corrected chi connectivity index (χ3v) is 4.04. The first-order valence-electron chi connectivity index (χ1n) is 6.41. The largest absolute Gasteiger partial charge is 0.481 e. The number of carboxylic acid groups (broad SMARTS) is 1. The summed E-state index contributed by atoms with van der Waals surface area (Å²) < 4.78 is 5.08. The van der Waals surface area contributed by atoms with Crippen molar-refractivity contribution in [3.05, 3.63) is 51.5 Å². The van der Waals surface area contributed by atoms with E-state index in [1.54, 1.807) is 7.11 Å². The van der Waals surface area contributed by atoms with Crippen molar-refractivity contribution in [2.24, 2.45) is 0 Å². The minimum Gasteiger partial charge on any atom is -0.481 e. The SMILES string of the molecule is COCc1nc(CCc2ccccc2)sc1CC(=O)O. The van der Waals surface area contributed by atoms with Crippen LogP contribution in [0.2, 0.25) is 0 Å². The van der Waals surface area contributed by atoms with Gasteiger partial charge in [0.2, 0.25) is 0 Å². The van der Waals surface area contributed by atoms with Gasteiger partial charge in [-0.2, -0.15) is 0 Å². The Balaban J connectivity index is 2.06. The number of benzene rings is 1. The lowest BCUT2D eigenvalue weighted by Gasteiger charge is -1.98. The molecule has 0 saturated carbocycles. The number of hydrogen-bond acceptors (Lipinski definition) is 4. The molecule has 0 atom stereocenters. The third-order valence-electron chi connectivity index (χ3n) is 2.89. The molecular formula is C15H17NO3S. The summed E-state index contributed by atoms with van der Waals surface area (Å²) in [5, 5.41) is 9.88. The molecule has 0 bridgehead atoms. The fourth-order valence-corrected chi connectivity index (χ4v) is 3.03. The van der Waals surface area contributed by atoms with E-state index in [0.29, 0.717) is 6.61 Å². The second-order valence-corrected chi connectivity index (χ2v) is 5.63. The Hall–Kier alpha value is -1.72. The molecular weight excluding hydrogens is 274 g/mol. The predicted molar refractivity (Wildman–Crippen MR) is 78.0 cm³/mol. The molecule has 1 heterocycles. The van der Waals surface area contributed by atoms with Gasteiger partial charge < -0.3 is 9.84 Å². The highest BCUT2D eigenvalue weighted by molar-refractivity contribution is 7.11. The number of aliphatic carboxylic acids is 1. The Bertz CT molecular complexity index is 566. The standard InChI is InChI=1S/C15H17NO3S/c1-19-10-12-13(9-15(17)18)20-14(16-12)8-7-11-5-3-2-4-6-11/h2-6H,7-10H2,1H3,(H,17,18). The summed E-state index contributed by atoms with van der Waals surface area (Å²) >= 11 is 1.48. The zero-order valence-corrected chi connectivity index (χ0v) is 12.2. The third kappa shape index (κ3) is 4.15. The summed E-state index contributed by atoms with van der Waals surface area (Å²) in [5.41, 5.74) is 2.01. The average Bonchev–Trinajstić information content (AvgIpc) is 2.80. The van der Waals surface area contributed by atoms with E-state index in [4.69, 9.17) is 9.84 Å². The Morgan fingerprint density at radius 3 is 2.70 bits per heavy atom. The maximum atomic E-state index is 10.9. The number of rotatable bonds is 7. The van der Waals surface area contributed by atoms with Gasteiger partial charge in [-0.25, -0.2) is 4.98 Å². The summed E-state index contributed by atoms with van der Waals surface area (Å²) in [6.45, 7) is 0.366. The number of hydrogen-bond donors (Lipinski definition) is 1. The molecule has 1 aromatic heterocycles. The molecule has 0 unspecified atom stereocenters. The Morgan fingerprint density at radius 1 is 1.30 bits per heavy atom. The topological polar surface area (TPSA) is 59.4 Å². The van der Waals surface area contributed by atoms with Crippen molar-refractivity contribution < 1.29 is 14.6 Å². The minimum absolute atomic E-state index is 0.0156. The van der Waals surface area contributed by atoms with Gasteiger partial charge in [0.1, 0.15) is 0 Å². The van der Waals surface area contributed by atoms with Gasteiger partial charge in [0.15, 0.2) is 0 Å². The van der Waals surface area contributed by atoms with Crippen LogP contribution in [0.15, 0.2) is 30.3 Å². The number of carboxylic acids is 1. The zero-order valence-electron chi connectivity index (χ0n) is 11.3. The highest BCUT2D eigenvalue weighted by atomic mass is 32.1. The number of methoxy groups -OCH3 is 1. The van der Waals surface area contributed by atoms with E-state index in [-0.39, 0.29) is 6.42 Å². The molecule has 106 valence electrons. The van der Waals surface area contributed by atoms with Crippen molar-refractivity contribution in [1.82, 2.24) is 4.98 Å². The van der Waals surface area contributed by atoms with Crippen molar-refractivity contribution in [1.29, 1.82) is 0 Å². The van der Waals surface area contributed by atoms with E-state index < -0.39 is 5.97 Å². The summed E-state index contributed by atoms with van der Waals surface area (Å²) in [4.78, 5) is 16.1. The molecule has 0 saturated heterocycles. The van der Waals surface area contributed by atoms with Crippen molar-refractivity contribution in [2.45, 2.75) is 25.9 Å². The fraction of sp³-hybridized carbons (Fsp3) is 0.333. The predicted octanol–water partition coefficient (Wildman–Crippen LogP) is 2.70. The second-order valence-electron chi connectivity index (χ2n) is 4.47. The number of ether oxygens (including phenoxy) is 1. The summed E-state index contributed by atoms with van der Waals surface area (Å²) in [6, 6.07) is 10.2. The molecule has 0 fully saturated rings. The van der Waals surface area contributed by atoms with Crippen molar-refractivity contribution in [2.75, 3.05) is 7.11 Å². The molecule has 0 amide bonds. The number of carbonyl (C=O) groups is 1. The van der Waals surface area contributed by atoms with Crippen LogP contribution >= 0.6 is 11.3 Å². The highest BCUT2D eigenvalue weighted by Crippen LogP contribution is 2.21. The number of thiazole rings is 1. The van der Waals surface area contributed by atoms with Crippen molar-refractivity contribution in [3.63, 3.8) is 0 Å². The minimum atomic E-state index is -0.833. The quantitative estimate of drug-likeness (QED) is 0.852. The van der Waals surface area contributed by atoms with E-state index in [1.807, 2.05) is 18.2 Å². The van der Waals surface area contributed by atoms with Gasteiger partial charge in [0.05, 0.1) is 23.7 Å². The molecule has 4 nitrogen and oxygen atoms in total. The van der Waals surface area contributed by atoms with Gasteiger partial charge in [-0.15, -0.1) is 11.3 Å². The molecule has 2 rings (SSSR count). The Kier molecular flexibility index (Phi) is 5.26. The normalized spacial score (nSPS) is 10.7. The van der Waals surface area contributed by atoms with Gasteiger partial charge >= 0.3 is 5.97 Å². The zero-order chi connectivity index (χ0) is 14.4. The van der Waals surface area contributed by atoms with E-state index >= 15 is 0 Å². The summed E-state index contributed by atoms with van der Waals surface area (Å²) in [7, 11) is 1.59. The van der Waals surface area contributed by atoms with Crippen LogP contribution in [0.4, 0.5) is 0 Å². The molecule has 0 spiro atoms. The molecule has 5 heteroatoms. The maximum absolute atomic E-state index is 10.9. The molecule has 1 N–H and O–H groups in total. The first-order valence-corrected chi connectivity index (χ1v) is 7.23. The highest BCUT2D eigenvalue weighted by Gasteiger charge is 2.13. The monoisotopic (exact) mass is 291 g/mol. The number of aromatic nitrogens is 1. The second kappa shape index (κ2) is 7.17. The fourth-order valence-electron chi connectivity index (χ4n) is 1.96. The first kappa shape index (κ1) is 14.7. The van der Waals surface area contributed by atoms with Crippen LogP contribution in [-0.2, 0) is 35.4 Å². The average molecular weight is 291 g/mol. The van der Waals surface area contributed by atoms with Crippen LogP contribution < -0.4 is 0 Å². The summed E-state index contributed by atoms with van der Waals surface area (Å²) in [5.74, 6) is -0.833. The van der Waals surface area contributed by atoms with Crippen molar-refractivity contribution in [3.8, 4) is 0 Å². The van der Waals surface area contributed by atoms with Gasteiger partial charge in [-0.3, -0.25) is 4.79 Å². The lowest BCUT2D eigenvalue weighted by Crippen LogP contribution is -2.02. The first-order chi connectivity index (χ1) is 9.69. The van der Waals surface area contributed by atoms with E-state index in [2.05, 4.69) is 17.1 Å². The molecule has 0 radical (unpaired) electrons. The molecule has 0 aliphatic heterocycles. The van der Waals surface area contributed by atoms with Crippen LogP contribution in [0.1, 0.15) is 21.1 Å². The van der Waals surface area contributed by atoms with Crippen LogP contribution in [-0.4, -0.2) is 23.2 Å². The van der Waals surface area contributed by atoms with Crippen LogP contribution in [0.25, 0.3) is 0 Å². The summed E-state index contributed by atoms with van der Waals surface area (Å²) in [6.07, 6.45) is 1.75. The van der Waals surface area contributed by atoms with Gasteiger partial charge in [-0.05, 0) is 12.0 Å². The lowest BCUT2D eigenvalue weighted by molar-refractivity contribution is -0.136. The Morgan fingerprint density at radius 2 is 2.05 bits per heavy atom. The molecule has 0 aliphatic rings. The van der Waals surface area contributed by atoms with Gasteiger partial charge in [0, 0.05) is 18.4 Å².